The van der Waals surface area contributed by atoms with Gasteiger partial charge in [0.2, 0.25) is 0 Å². The van der Waals surface area contributed by atoms with Gasteiger partial charge in [-0.3, -0.25) is 9.69 Å². The minimum Gasteiger partial charge on any atom is -0.464 e. The third-order valence-corrected chi connectivity index (χ3v) is 6.83. The molecule has 1 saturated carbocycles. The highest BCUT2D eigenvalue weighted by molar-refractivity contribution is 5.88. The predicted molar refractivity (Wildman–Crippen MR) is 119 cm³/mol. The van der Waals surface area contributed by atoms with Crippen LogP contribution < -0.4 is 4.90 Å². The fraction of sp³-hybridized carbons (Fsp3) is 0.667. The van der Waals surface area contributed by atoms with E-state index in [2.05, 4.69) is 14.8 Å². The molecule has 164 valence electrons. The summed E-state index contributed by atoms with van der Waals surface area (Å²) in [4.78, 5) is 21.5. The topological polar surface area (TPSA) is 58.8 Å². The van der Waals surface area contributed by atoms with Gasteiger partial charge in [0.1, 0.15) is 18.0 Å². The van der Waals surface area contributed by atoms with Gasteiger partial charge in [-0.15, -0.1) is 0 Å². The van der Waals surface area contributed by atoms with Crippen LogP contribution in [-0.4, -0.2) is 61.6 Å². The van der Waals surface area contributed by atoms with Gasteiger partial charge in [0.05, 0.1) is 11.6 Å². The maximum absolute atomic E-state index is 11.9. The molecule has 2 aromatic heterocycles. The number of piperazine rings is 1. The number of nitrogens with zero attached hydrogens (tertiary/aromatic N) is 3. The Balaban J connectivity index is 1.15. The van der Waals surface area contributed by atoms with Crippen LogP contribution >= 0.6 is 0 Å². The molecule has 3 heterocycles. The summed E-state index contributed by atoms with van der Waals surface area (Å²) in [7, 11) is 0. The summed E-state index contributed by atoms with van der Waals surface area (Å²) in [6.45, 7) is 8.28. The molecular weight excluding hydrogens is 378 g/mol. The van der Waals surface area contributed by atoms with Gasteiger partial charge in [0.15, 0.2) is 5.78 Å². The number of Topliss-reactive ketones (excluding diaryl/α,β-unsaturated/α-hetero) is 1. The average molecular weight is 414 g/mol. The number of carbonyl (C=O) groups is 1. The number of carbonyl (C=O) groups excluding carboxylic acids is 1. The van der Waals surface area contributed by atoms with Crippen molar-refractivity contribution in [2.24, 2.45) is 11.8 Å². The summed E-state index contributed by atoms with van der Waals surface area (Å²) in [6, 6.07) is 3.95. The molecule has 0 unspecified atom stereocenters. The first-order valence-corrected chi connectivity index (χ1v) is 11.6. The van der Waals surface area contributed by atoms with Crippen molar-refractivity contribution >= 4 is 22.6 Å². The Morgan fingerprint density at radius 3 is 2.67 bits per heavy atom. The lowest BCUT2D eigenvalue weighted by molar-refractivity contribution is -0.124. The van der Waals surface area contributed by atoms with Gasteiger partial charge >= 0.3 is 0 Å². The number of ether oxygens (including phenoxy) is 1. The van der Waals surface area contributed by atoms with E-state index in [9.17, 15) is 4.79 Å². The quantitative estimate of drug-likeness (QED) is 0.616. The largest absolute Gasteiger partial charge is 0.464 e. The summed E-state index contributed by atoms with van der Waals surface area (Å²) >= 11 is 0. The van der Waals surface area contributed by atoms with Crippen molar-refractivity contribution in [2.75, 3.05) is 50.8 Å². The van der Waals surface area contributed by atoms with Crippen LogP contribution in [0, 0.1) is 11.8 Å². The minimum absolute atomic E-state index is 0.277. The first-order valence-electron chi connectivity index (χ1n) is 11.6. The fourth-order valence-electron chi connectivity index (χ4n) is 5.00. The van der Waals surface area contributed by atoms with Crippen molar-refractivity contribution in [1.82, 2.24) is 9.88 Å². The van der Waals surface area contributed by atoms with E-state index in [0.29, 0.717) is 25.6 Å². The highest BCUT2D eigenvalue weighted by Crippen LogP contribution is 2.33. The molecule has 0 N–H and O–H groups in total. The van der Waals surface area contributed by atoms with E-state index in [0.717, 1.165) is 48.9 Å². The Kier molecular flexibility index (Phi) is 7.39. The summed E-state index contributed by atoms with van der Waals surface area (Å²) < 4.78 is 10.8. The molecule has 0 bridgehead atoms. The number of fused-ring (bicyclic) bond motifs is 1. The van der Waals surface area contributed by atoms with E-state index < -0.39 is 0 Å². The molecule has 1 aliphatic carbocycles. The summed E-state index contributed by atoms with van der Waals surface area (Å²) in [5, 5.41) is 1.11. The van der Waals surface area contributed by atoms with Crippen LogP contribution in [0.3, 0.4) is 0 Å². The summed E-state index contributed by atoms with van der Waals surface area (Å²) in [6.07, 6.45) is 10.6. The van der Waals surface area contributed by atoms with Crippen LogP contribution in [0.2, 0.25) is 0 Å². The number of pyridine rings is 1. The van der Waals surface area contributed by atoms with Crippen molar-refractivity contribution in [3.63, 3.8) is 0 Å². The molecule has 1 aliphatic heterocycles. The van der Waals surface area contributed by atoms with E-state index in [-0.39, 0.29) is 5.78 Å². The normalized spacial score (nSPS) is 23.2. The van der Waals surface area contributed by atoms with Crippen LogP contribution in [0.4, 0.5) is 5.82 Å². The molecule has 30 heavy (non-hydrogen) atoms. The standard InChI is InChI=1S/C24H35N3O3/c1-2-29-18-21(28)17-20-5-3-19(4-6-20)8-11-26-12-14-27(15-13-26)24-22-9-16-30-23(22)7-10-25-24/h7,9-10,16,19-20H,2-6,8,11-15,17-18H2,1H3. The van der Waals surface area contributed by atoms with E-state index >= 15 is 0 Å². The van der Waals surface area contributed by atoms with Gasteiger partial charge in [-0.2, -0.15) is 0 Å². The molecule has 4 rings (SSSR count). The van der Waals surface area contributed by atoms with Crippen molar-refractivity contribution in [3.05, 3.63) is 24.6 Å². The Morgan fingerprint density at radius 1 is 1.13 bits per heavy atom. The van der Waals surface area contributed by atoms with Gasteiger partial charge < -0.3 is 14.1 Å². The van der Waals surface area contributed by atoms with Crippen LogP contribution in [0.25, 0.3) is 11.0 Å². The fourth-order valence-corrected chi connectivity index (χ4v) is 5.00. The summed E-state index contributed by atoms with van der Waals surface area (Å²) in [5.74, 6) is 2.73. The van der Waals surface area contributed by atoms with Gasteiger partial charge in [-0.25, -0.2) is 4.98 Å². The number of hydrogen-bond acceptors (Lipinski definition) is 6. The van der Waals surface area contributed by atoms with Crippen molar-refractivity contribution in [2.45, 2.75) is 45.4 Å². The van der Waals surface area contributed by atoms with Gasteiger partial charge in [0, 0.05) is 45.4 Å². The molecule has 0 atom stereocenters. The molecule has 0 spiro atoms. The molecule has 2 aromatic rings. The van der Waals surface area contributed by atoms with E-state index in [1.807, 2.05) is 25.3 Å². The molecule has 0 radical (unpaired) electrons. The maximum atomic E-state index is 11.9. The molecule has 6 heteroatoms. The van der Waals surface area contributed by atoms with E-state index in [1.54, 1.807) is 6.26 Å². The number of ketones is 1. The second kappa shape index (κ2) is 10.4. The van der Waals surface area contributed by atoms with Gasteiger partial charge in [-0.1, -0.05) is 12.8 Å². The highest BCUT2D eigenvalue weighted by atomic mass is 16.5. The zero-order valence-corrected chi connectivity index (χ0v) is 18.2. The number of furan rings is 1. The third kappa shape index (κ3) is 5.41. The van der Waals surface area contributed by atoms with Crippen LogP contribution in [0.15, 0.2) is 29.0 Å². The lowest BCUT2D eigenvalue weighted by atomic mass is 9.78. The summed E-state index contributed by atoms with van der Waals surface area (Å²) in [5.41, 5.74) is 0.914. The lowest BCUT2D eigenvalue weighted by Crippen LogP contribution is -2.47. The van der Waals surface area contributed by atoms with E-state index in [1.165, 1.54) is 38.6 Å². The minimum atomic E-state index is 0.277. The maximum Gasteiger partial charge on any atom is 0.158 e. The number of hydrogen-bond donors (Lipinski definition) is 0. The Hall–Kier alpha value is -1.92. The number of rotatable bonds is 9. The molecule has 1 saturated heterocycles. The first-order chi connectivity index (χ1) is 14.7. The molecule has 2 fully saturated rings. The smallest absolute Gasteiger partial charge is 0.158 e. The number of anilines is 1. The van der Waals surface area contributed by atoms with Crippen molar-refractivity contribution in [3.8, 4) is 0 Å². The first kappa shape index (κ1) is 21.3. The Bertz CT molecular complexity index is 805. The molecule has 0 aromatic carbocycles. The number of aromatic nitrogens is 1. The second-order valence-corrected chi connectivity index (χ2v) is 8.85. The van der Waals surface area contributed by atoms with Crippen molar-refractivity contribution < 1.29 is 13.9 Å². The van der Waals surface area contributed by atoms with Gasteiger partial charge in [0.25, 0.3) is 0 Å². The van der Waals surface area contributed by atoms with E-state index in [4.69, 9.17) is 9.15 Å². The molecule has 6 nitrogen and oxygen atoms in total. The van der Waals surface area contributed by atoms with Gasteiger partial charge in [-0.05, 0) is 56.7 Å². The van der Waals surface area contributed by atoms with Crippen molar-refractivity contribution in [1.29, 1.82) is 0 Å². The average Bonchev–Trinajstić information content (AvgIpc) is 3.27. The Morgan fingerprint density at radius 2 is 1.90 bits per heavy atom. The predicted octanol–water partition coefficient (Wildman–Crippen LogP) is 4.14. The van der Waals surface area contributed by atoms with Crippen LogP contribution in [0.5, 0.6) is 0 Å². The van der Waals surface area contributed by atoms with Crippen LogP contribution in [-0.2, 0) is 9.53 Å². The zero-order chi connectivity index (χ0) is 20.8. The Labute approximate surface area is 179 Å². The SMILES string of the molecule is CCOCC(=O)CC1CCC(CCN2CCN(c3nccc4occc34)CC2)CC1. The molecule has 2 aliphatic rings. The monoisotopic (exact) mass is 413 g/mol. The molecule has 0 amide bonds. The molecular formula is C24H35N3O3. The third-order valence-electron chi connectivity index (χ3n) is 6.83. The van der Waals surface area contributed by atoms with Crippen LogP contribution in [0.1, 0.15) is 45.4 Å². The zero-order valence-electron chi connectivity index (χ0n) is 18.2. The lowest BCUT2D eigenvalue weighted by Gasteiger charge is -2.36. The second-order valence-electron chi connectivity index (χ2n) is 8.85. The highest BCUT2D eigenvalue weighted by Gasteiger charge is 2.25.